The van der Waals surface area contributed by atoms with Crippen LogP contribution in [-0.4, -0.2) is 28.8 Å². The molecule has 0 radical (unpaired) electrons. The van der Waals surface area contributed by atoms with Crippen LogP contribution in [0.5, 0.6) is 0 Å². The predicted molar refractivity (Wildman–Crippen MR) is 124 cm³/mol. The Morgan fingerprint density at radius 2 is 1.69 bits per heavy atom. The van der Waals surface area contributed by atoms with E-state index in [9.17, 15) is 9.59 Å². The standard InChI is InChI=1S/C25H27N5O2/c1-26-24(32)25(12-2-3-13-25)19-6-8-20(9-7-19)30-23(31)21-5-4-14-28-22(21)29-17-18-10-15-27-16-11-18/h4-11,14-16H,2-3,12-13,17H2,1H3,(H,26,32)(H,28,29)(H,30,31). The van der Waals surface area contributed by atoms with E-state index < -0.39 is 5.41 Å². The molecule has 1 fully saturated rings. The van der Waals surface area contributed by atoms with Gasteiger partial charge in [0, 0.05) is 37.9 Å². The highest BCUT2D eigenvalue weighted by Crippen LogP contribution is 2.41. The SMILES string of the molecule is CNC(=O)C1(c2ccc(NC(=O)c3cccnc3NCc3ccncc3)cc2)CCCC1. The number of aromatic nitrogens is 2. The molecule has 0 aliphatic heterocycles. The van der Waals surface area contributed by atoms with Crippen LogP contribution in [0.1, 0.15) is 47.2 Å². The van der Waals surface area contributed by atoms with E-state index in [1.54, 1.807) is 37.8 Å². The lowest BCUT2D eigenvalue weighted by Gasteiger charge is -2.27. The minimum atomic E-state index is -0.468. The minimum Gasteiger partial charge on any atom is -0.365 e. The van der Waals surface area contributed by atoms with Gasteiger partial charge < -0.3 is 16.0 Å². The first-order valence-electron chi connectivity index (χ1n) is 10.8. The van der Waals surface area contributed by atoms with Gasteiger partial charge in [-0.15, -0.1) is 0 Å². The van der Waals surface area contributed by atoms with Crippen LogP contribution >= 0.6 is 0 Å². The molecule has 2 aromatic heterocycles. The molecule has 32 heavy (non-hydrogen) atoms. The van der Waals surface area contributed by atoms with E-state index in [2.05, 4.69) is 25.9 Å². The largest absolute Gasteiger partial charge is 0.365 e. The second-order valence-corrected chi connectivity index (χ2v) is 8.01. The van der Waals surface area contributed by atoms with Gasteiger partial charge in [-0.25, -0.2) is 4.98 Å². The molecular formula is C25H27N5O2. The number of amides is 2. The van der Waals surface area contributed by atoms with Crippen molar-refractivity contribution in [1.82, 2.24) is 15.3 Å². The molecule has 0 bridgehead atoms. The average molecular weight is 430 g/mol. The average Bonchev–Trinajstić information content (AvgIpc) is 3.35. The summed E-state index contributed by atoms with van der Waals surface area (Å²) >= 11 is 0. The minimum absolute atomic E-state index is 0.0621. The molecule has 1 saturated carbocycles. The zero-order valence-corrected chi connectivity index (χ0v) is 18.1. The van der Waals surface area contributed by atoms with Gasteiger partial charge in [0.05, 0.1) is 11.0 Å². The van der Waals surface area contributed by atoms with E-state index in [0.29, 0.717) is 23.6 Å². The molecule has 4 rings (SSSR count). The normalized spacial score (nSPS) is 14.5. The van der Waals surface area contributed by atoms with Gasteiger partial charge >= 0.3 is 0 Å². The Morgan fingerprint density at radius 1 is 0.969 bits per heavy atom. The Morgan fingerprint density at radius 3 is 2.38 bits per heavy atom. The molecule has 2 amide bonds. The maximum atomic E-state index is 12.9. The fourth-order valence-electron chi connectivity index (χ4n) is 4.35. The summed E-state index contributed by atoms with van der Waals surface area (Å²) in [7, 11) is 1.69. The van der Waals surface area contributed by atoms with E-state index in [1.807, 2.05) is 36.4 Å². The second kappa shape index (κ2) is 9.60. The molecule has 1 aliphatic carbocycles. The molecule has 1 aliphatic rings. The van der Waals surface area contributed by atoms with E-state index in [0.717, 1.165) is 36.8 Å². The summed E-state index contributed by atoms with van der Waals surface area (Å²) in [6.45, 7) is 0.538. The highest BCUT2D eigenvalue weighted by Gasteiger charge is 2.42. The van der Waals surface area contributed by atoms with Crippen molar-refractivity contribution in [2.24, 2.45) is 0 Å². The quantitative estimate of drug-likeness (QED) is 0.529. The van der Waals surface area contributed by atoms with Crippen molar-refractivity contribution in [1.29, 1.82) is 0 Å². The van der Waals surface area contributed by atoms with Crippen molar-refractivity contribution in [3.8, 4) is 0 Å². The number of anilines is 2. The summed E-state index contributed by atoms with van der Waals surface area (Å²) < 4.78 is 0. The van der Waals surface area contributed by atoms with Crippen molar-refractivity contribution in [3.05, 3.63) is 83.8 Å². The van der Waals surface area contributed by atoms with Crippen molar-refractivity contribution in [3.63, 3.8) is 0 Å². The van der Waals surface area contributed by atoms with Crippen LogP contribution in [-0.2, 0) is 16.8 Å². The zero-order chi connectivity index (χ0) is 22.4. The van der Waals surface area contributed by atoms with Crippen LogP contribution in [0, 0.1) is 0 Å². The van der Waals surface area contributed by atoms with Gasteiger partial charge in [-0.2, -0.15) is 0 Å². The molecule has 1 aromatic carbocycles. The summed E-state index contributed by atoms with van der Waals surface area (Å²) in [5.41, 5.74) is 2.71. The molecule has 7 heteroatoms. The fraction of sp³-hybridized carbons (Fsp3) is 0.280. The third-order valence-electron chi connectivity index (χ3n) is 6.08. The lowest BCUT2D eigenvalue weighted by Crippen LogP contribution is -2.40. The van der Waals surface area contributed by atoms with Gasteiger partial charge in [0.2, 0.25) is 5.91 Å². The third-order valence-corrected chi connectivity index (χ3v) is 6.08. The third kappa shape index (κ3) is 4.46. The van der Waals surface area contributed by atoms with Crippen LogP contribution in [0.25, 0.3) is 0 Å². The molecule has 2 heterocycles. The molecule has 0 atom stereocenters. The number of nitrogens with zero attached hydrogens (tertiary/aromatic N) is 2. The van der Waals surface area contributed by atoms with Crippen molar-refractivity contribution < 1.29 is 9.59 Å². The molecule has 7 nitrogen and oxygen atoms in total. The zero-order valence-electron chi connectivity index (χ0n) is 18.1. The number of rotatable bonds is 7. The van der Waals surface area contributed by atoms with Crippen LogP contribution < -0.4 is 16.0 Å². The molecule has 164 valence electrons. The maximum Gasteiger partial charge on any atom is 0.259 e. The summed E-state index contributed by atoms with van der Waals surface area (Å²) in [5, 5.41) is 8.98. The van der Waals surface area contributed by atoms with E-state index in [1.165, 1.54) is 0 Å². The number of likely N-dealkylation sites (N-methyl/N-ethyl adjacent to an activating group) is 1. The molecule has 0 saturated heterocycles. The summed E-state index contributed by atoms with van der Waals surface area (Å²) in [5.74, 6) is 0.333. The monoisotopic (exact) mass is 429 g/mol. The van der Waals surface area contributed by atoms with E-state index in [4.69, 9.17) is 0 Å². The first kappa shape index (κ1) is 21.5. The number of carbonyl (C=O) groups excluding carboxylic acids is 2. The van der Waals surface area contributed by atoms with Gasteiger partial charge in [-0.05, 0) is 60.4 Å². The maximum absolute atomic E-state index is 12.9. The summed E-state index contributed by atoms with van der Waals surface area (Å²) in [4.78, 5) is 33.9. The van der Waals surface area contributed by atoms with Crippen LogP contribution in [0.4, 0.5) is 11.5 Å². The lowest BCUT2D eigenvalue weighted by molar-refractivity contribution is -0.126. The van der Waals surface area contributed by atoms with Gasteiger partial charge in [0.25, 0.3) is 5.91 Å². The molecular weight excluding hydrogens is 402 g/mol. The van der Waals surface area contributed by atoms with Crippen LogP contribution in [0.2, 0.25) is 0 Å². The number of carbonyl (C=O) groups is 2. The van der Waals surface area contributed by atoms with Crippen molar-refractivity contribution in [2.45, 2.75) is 37.6 Å². The van der Waals surface area contributed by atoms with Gasteiger partial charge in [0.1, 0.15) is 5.82 Å². The first-order chi connectivity index (χ1) is 15.6. The van der Waals surface area contributed by atoms with Crippen LogP contribution in [0.15, 0.2) is 67.1 Å². The molecule has 0 unspecified atom stereocenters. The molecule has 3 N–H and O–H groups in total. The van der Waals surface area contributed by atoms with Gasteiger partial charge in [0.15, 0.2) is 0 Å². The lowest BCUT2D eigenvalue weighted by atomic mass is 9.78. The second-order valence-electron chi connectivity index (χ2n) is 8.01. The number of hydrogen-bond donors (Lipinski definition) is 3. The number of hydrogen-bond acceptors (Lipinski definition) is 5. The number of pyridine rings is 2. The fourth-order valence-corrected chi connectivity index (χ4v) is 4.35. The topological polar surface area (TPSA) is 96.0 Å². The van der Waals surface area contributed by atoms with Crippen molar-refractivity contribution >= 4 is 23.3 Å². The Bertz CT molecular complexity index is 1080. The Balaban J connectivity index is 1.47. The smallest absolute Gasteiger partial charge is 0.259 e. The Kier molecular flexibility index (Phi) is 6.44. The first-order valence-corrected chi connectivity index (χ1v) is 10.8. The predicted octanol–water partition coefficient (Wildman–Crippen LogP) is 3.90. The highest BCUT2D eigenvalue weighted by atomic mass is 16.2. The highest BCUT2D eigenvalue weighted by molar-refractivity contribution is 6.07. The van der Waals surface area contributed by atoms with Crippen molar-refractivity contribution in [2.75, 3.05) is 17.7 Å². The Hall–Kier alpha value is -3.74. The Labute approximate surface area is 187 Å². The van der Waals surface area contributed by atoms with Crippen LogP contribution in [0.3, 0.4) is 0 Å². The number of nitrogens with one attached hydrogen (secondary N) is 3. The summed E-state index contributed by atoms with van der Waals surface area (Å²) in [6, 6.07) is 14.9. The van der Waals surface area contributed by atoms with Gasteiger partial charge in [-0.3, -0.25) is 14.6 Å². The van der Waals surface area contributed by atoms with E-state index in [-0.39, 0.29) is 11.8 Å². The summed E-state index contributed by atoms with van der Waals surface area (Å²) in [6.07, 6.45) is 8.89. The molecule has 3 aromatic rings. The molecule has 0 spiro atoms. The number of benzene rings is 1. The van der Waals surface area contributed by atoms with E-state index >= 15 is 0 Å². The van der Waals surface area contributed by atoms with Gasteiger partial charge in [-0.1, -0.05) is 25.0 Å².